The monoisotopic (exact) mass is 335 g/mol. The third kappa shape index (κ3) is 8.04. The fraction of sp³-hybridized carbons (Fsp3) is 0.588. The Morgan fingerprint density at radius 3 is 2.70 bits per heavy atom. The molecule has 1 atom stereocenters. The Labute approximate surface area is 145 Å². The molecule has 6 heteroatoms. The van der Waals surface area contributed by atoms with Crippen molar-refractivity contribution < 1.29 is 0 Å². The zero-order chi connectivity index (χ0) is 17.1. The highest BCUT2D eigenvalue weighted by Crippen LogP contribution is 2.00. The summed E-state index contributed by atoms with van der Waals surface area (Å²) in [6, 6.07) is 6.08. The number of hydrogen-bond donors (Lipinski definition) is 2. The quantitative estimate of drug-likeness (QED) is 0.413. The molecule has 5 nitrogen and oxygen atoms in total. The van der Waals surface area contributed by atoms with Crippen LogP contribution in [0.15, 0.2) is 29.5 Å². The van der Waals surface area contributed by atoms with Crippen molar-refractivity contribution in [2.75, 3.05) is 19.6 Å². The molecule has 2 N–H and O–H groups in total. The van der Waals surface area contributed by atoms with Crippen LogP contribution in [0, 0.1) is 0 Å². The van der Waals surface area contributed by atoms with E-state index in [0.29, 0.717) is 11.2 Å². The van der Waals surface area contributed by atoms with Gasteiger partial charge < -0.3 is 10.2 Å². The van der Waals surface area contributed by atoms with Crippen LogP contribution in [0.1, 0.15) is 46.2 Å². The van der Waals surface area contributed by atoms with E-state index in [9.17, 15) is 0 Å². The maximum atomic E-state index is 5.29. The average Bonchev–Trinajstić information content (AvgIpc) is 2.57. The second-order valence-corrected chi connectivity index (χ2v) is 5.98. The third-order valence-electron chi connectivity index (χ3n) is 3.74. The number of thiocarbonyl (C=S) groups is 1. The van der Waals surface area contributed by atoms with Gasteiger partial charge in [0.2, 0.25) is 0 Å². The normalized spacial score (nSPS) is 13.0. The number of nitrogens with one attached hydrogen (secondary N) is 2. The summed E-state index contributed by atoms with van der Waals surface area (Å²) in [4.78, 5) is 6.69. The van der Waals surface area contributed by atoms with Crippen molar-refractivity contribution in [3.63, 3.8) is 0 Å². The Morgan fingerprint density at radius 1 is 1.35 bits per heavy atom. The van der Waals surface area contributed by atoms with Crippen LogP contribution in [0.4, 0.5) is 0 Å². The Morgan fingerprint density at radius 2 is 2.09 bits per heavy atom. The summed E-state index contributed by atoms with van der Waals surface area (Å²) in [5.41, 5.74) is 4.54. The minimum atomic E-state index is 0.330. The topological polar surface area (TPSA) is 52.5 Å². The van der Waals surface area contributed by atoms with Crippen molar-refractivity contribution in [2.45, 2.75) is 46.6 Å². The van der Waals surface area contributed by atoms with Crippen LogP contribution in [-0.4, -0.2) is 46.4 Å². The molecule has 0 radical (unpaired) electrons. The van der Waals surface area contributed by atoms with Gasteiger partial charge in [-0.2, -0.15) is 5.10 Å². The van der Waals surface area contributed by atoms with Crippen molar-refractivity contribution in [1.29, 1.82) is 0 Å². The van der Waals surface area contributed by atoms with E-state index in [-0.39, 0.29) is 0 Å². The molecule has 0 saturated carbocycles. The van der Waals surface area contributed by atoms with Gasteiger partial charge in [-0.3, -0.25) is 10.4 Å². The summed E-state index contributed by atoms with van der Waals surface area (Å²) in [6.45, 7) is 11.8. The van der Waals surface area contributed by atoms with Gasteiger partial charge in [0.15, 0.2) is 5.11 Å². The maximum Gasteiger partial charge on any atom is 0.187 e. The van der Waals surface area contributed by atoms with Crippen LogP contribution in [0.2, 0.25) is 0 Å². The second kappa shape index (κ2) is 11.1. The summed E-state index contributed by atoms with van der Waals surface area (Å²) in [6.07, 6.45) is 4.00. The van der Waals surface area contributed by atoms with Crippen LogP contribution >= 0.6 is 12.2 Å². The molecule has 1 aromatic rings. The van der Waals surface area contributed by atoms with E-state index in [0.717, 1.165) is 43.9 Å². The van der Waals surface area contributed by atoms with E-state index >= 15 is 0 Å². The fourth-order valence-electron chi connectivity index (χ4n) is 2.26. The number of pyridine rings is 1. The molecule has 0 unspecified atom stereocenters. The molecular weight excluding hydrogens is 306 g/mol. The number of rotatable bonds is 9. The Hall–Kier alpha value is -1.53. The minimum Gasteiger partial charge on any atom is -0.359 e. The number of hydrazone groups is 1. The highest BCUT2D eigenvalue weighted by Gasteiger charge is 2.06. The van der Waals surface area contributed by atoms with Crippen LogP contribution in [0.5, 0.6) is 0 Å². The van der Waals surface area contributed by atoms with Gasteiger partial charge in [-0.25, -0.2) is 0 Å². The molecule has 0 saturated heterocycles. The molecule has 0 amide bonds. The van der Waals surface area contributed by atoms with Crippen molar-refractivity contribution in [3.8, 4) is 0 Å². The predicted molar refractivity (Wildman–Crippen MR) is 102 cm³/mol. The molecule has 1 aromatic heterocycles. The smallest absolute Gasteiger partial charge is 0.187 e. The summed E-state index contributed by atoms with van der Waals surface area (Å²) in [5.74, 6) is 0. The Bertz CT molecular complexity index is 485. The van der Waals surface area contributed by atoms with E-state index in [2.05, 4.69) is 46.5 Å². The number of nitrogens with zero attached hydrogens (tertiary/aromatic N) is 3. The summed E-state index contributed by atoms with van der Waals surface area (Å²) in [5, 5.41) is 8.10. The van der Waals surface area contributed by atoms with E-state index in [1.165, 1.54) is 0 Å². The first-order valence-corrected chi connectivity index (χ1v) is 8.72. The fourth-order valence-corrected chi connectivity index (χ4v) is 2.50. The Kier molecular flexibility index (Phi) is 9.40. The zero-order valence-electron chi connectivity index (χ0n) is 14.7. The lowest BCUT2D eigenvalue weighted by Crippen LogP contribution is -2.39. The molecule has 0 aliphatic rings. The molecule has 0 aromatic carbocycles. The van der Waals surface area contributed by atoms with Crippen molar-refractivity contribution in [3.05, 3.63) is 30.1 Å². The summed E-state index contributed by atoms with van der Waals surface area (Å²) in [7, 11) is 0. The van der Waals surface area contributed by atoms with Gasteiger partial charge in [0.05, 0.1) is 11.4 Å². The first kappa shape index (κ1) is 19.5. The van der Waals surface area contributed by atoms with Crippen molar-refractivity contribution >= 4 is 23.0 Å². The van der Waals surface area contributed by atoms with E-state index < -0.39 is 0 Å². The molecule has 128 valence electrons. The van der Waals surface area contributed by atoms with Crippen LogP contribution in [-0.2, 0) is 0 Å². The lowest BCUT2D eigenvalue weighted by Gasteiger charge is -2.20. The lowest BCUT2D eigenvalue weighted by molar-refractivity contribution is 0.292. The summed E-state index contributed by atoms with van der Waals surface area (Å²) < 4.78 is 0. The molecule has 0 spiro atoms. The van der Waals surface area contributed by atoms with E-state index in [1.54, 1.807) is 6.20 Å². The highest BCUT2D eigenvalue weighted by atomic mass is 32.1. The van der Waals surface area contributed by atoms with Gasteiger partial charge in [0.25, 0.3) is 0 Å². The largest absolute Gasteiger partial charge is 0.359 e. The SMILES string of the molecule is CCN(CC)CCC[C@@H](C)NC(=S)N/N=C(\C)c1ccccn1. The lowest BCUT2D eigenvalue weighted by atomic mass is 10.2. The van der Waals surface area contributed by atoms with Crippen LogP contribution < -0.4 is 10.7 Å². The second-order valence-electron chi connectivity index (χ2n) is 5.57. The molecule has 0 fully saturated rings. The Balaban J connectivity index is 2.30. The van der Waals surface area contributed by atoms with Gasteiger partial charge in [0.1, 0.15) is 0 Å². The van der Waals surface area contributed by atoms with Gasteiger partial charge in [-0.15, -0.1) is 0 Å². The van der Waals surface area contributed by atoms with Crippen LogP contribution in [0.25, 0.3) is 0 Å². The minimum absolute atomic E-state index is 0.330. The first-order chi connectivity index (χ1) is 11.1. The van der Waals surface area contributed by atoms with Crippen molar-refractivity contribution in [2.24, 2.45) is 5.10 Å². The van der Waals surface area contributed by atoms with Crippen LogP contribution in [0.3, 0.4) is 0 Å². The van der Waals surface area contributed by atoms with Gasteiger partial charge in [-0.1, -0.05) is 19.9 Å². The highest BCUT2D eigenvalue weighted by molar-refractivity contribution is 7.80. The van der Waals surface area contributed by atoms with Crippen molar-refractivity contribution in [1.82, 2.24) is 20.6 Å². The molecule has 0 aliphatic heterocycles. The van der Waals surface area contributed by atoms with E-state index in [1.807, 2.05) is 25.1 Å². The standard InChI is InChI=1S/C17H29N5S/c1-5-22(6-2)13-9-10-14(3)19-17(23)21-20-15(4)16-11-7-8-12-18-16/h7-8,11-12,14H,5-6,9-10,13H2,1-4H3,(H2,19,21,23)/b20-15+/t14-/m1/s1. The first-order valence-electron chi connectivity index (χ1n) is 8.31. The average molecular weight is 336 g/mol. The molecule has 1 rings (SSSR count). The number of hydrogen-bond acceptors (Lipinski definition) is 4. The predicted octanol–water partition coefficient (Wildman–Crippen LogP) is 2.78. The number of aromatic nitrogens is 1. The summed E-state index contributed by atoms with van der Waals surface area (Å²) >= 11 is 5.29. The van der Waals surface area contributed by atoms with Gasteiger partial charge in [-0.05, 0) is 70.7 Å². The third-order valence-corrected chi connectivity index (χ3v) is 3.95. The van der Waals surface area contributed by atoms with E-state index in [4.69, 9.17) is 12.2 Å². The van der Waals surface area contributed by atoms with Gasteiger partial charge >= 0.3 is 0 Å². The maximum absolute atomic E-state index is 5.29. The molecule has 0 bridgehead atoms. The van der Waals surface area contributed by atoms with Gasteiger partial charge in [0, 0.05) is 12.2 Å². The zero-order valence-corrected chi connectivity index (χ0v) is 15.5. The molecule has 0 aliphatic carbocycles. The molecule has 23 heavy (non-hydrogen) atoms. The molecule has 1 heterocycles. The molecular formula is C17H29N5S.